The van der Waals surface area contributed by atoms with Crippen LogP contribution < -0.4 is 0 Å². The van der Waals surface area contributed by atoms with Crippen molar-refractivity contribution in [1.29, 1.82) is 0 Å². The van der Waals surface area contributed by atoms with Crippen LogP contribution in [0, 0.1) is 0 Å². The highest BCUT2D eigenvalue weighted by atomic mass is 35.5. The lowest BCUT2D eigenvalue weighted by Gasteiger charge is -2.32. The highest BCUT2D eigenvalue weighted by Gasteiger charge is 2.26. The summed E-state index contributed by atoms with van der Waals surface area (Å²) in [6, 6.07) is 4.86. The molecule has 0 saturated carbocycles. The molecule has 0 aromatic heterocycles. The monoisotopic (exact) mass is 317 g/mol. The Bertz CT molecular complexity index is 465. The number of methoxy groups -OCH3 is 1. The van der Waals surface area contributed by atoms with Crippen molar-refractivity contribution >= 4 is 29.0 Å². The van der Waals surface area contributed by atoms with Gasteiger partial charge in [0.15, 0.2) is 5.78 Å². The van der Waals surface area contributed by atoms with Crippen LogP contribution in [0.1, 0.15) is 31.1 Å². The summed E-state index contributed by atoms with van der Waals surface area (Å²) in [6.45, 7) is 7.31. The van der Waals surface area contributed by atoms with E-state index in [1.165, 1.54) is 0 Å². The molecule has 0 radical (unpaired) electrons. The summed E-state index contributed by atoms with van der Waals surface area (Å²) in [5, 5.41) is 0.920. The van der Waals surface area contributed by atoms with Crippen LogP contribution >= 0.6 is 23.2 Å². The van der Waals surface area contributed by atoms with E-state index in [0.717, 1.165) is 6.54 Å². The molecule has 0 fully saturated rings. The molecule has 0 aliphatic carbocycles. The van der Waals surface area contributed by atoms with Gasteiger partial charge in [0, 0.05) is 23.7 Å². The average Bonchev–Trinajstić information content (AvgIpc) is 2.39. The fraction of sp³-hybridized carbons (Fsp3) is 0.533. The minimum absolute atomic E-state index is 0.00327. The van der Waals surface area contributed by atoms with Crippen molar-refractivity contribution < 1.29 is 9.53 Å². The lowest BCUT2D eigenvalue weighted by molar-refractivity contribution is 0.0612. The first kappa shape index (κ1) is 17.4. The summed E-state index contributed by atoms with van der Waals surface area (Å²) in [4.78, 5) is 14.7. The number of ketones is 1. The van der Waals surface area contributed by atoms with Crippen molar-refractivity contribution in [1.82, 2.24) is 4.90 Å². The maximum atomic E-state index is 12.6. The van der Waals surface area contributed by atoms with Crippen molar-refractivity contribution in [3.8, 4) is 0 Å². The fourth-order valence-electron chi connectivity index (χ4n) is 2.37. The van der Waals surface area contributed by atoms with Crippen molar-refractivity contribution in [2.45, 2.75) is 32.9 Å². The van der Waals surface area contributed by atoms with Gasteiger partial charge in [0.05, 0.1) is 17.7 Å². The predicted octanol–water partition coefficient (Wildman–Crippen LogP) is 3.92. The van der Waals surface area contributed by atoms with Gasteiger partial charge in [-0.2, -0.15) is 0 Å². The topological polar surface area (TPSA) is 29.5 Å². The maximum absolute atomic E-state index is 12.6. The minimum Gasteiger partial charge on any atom is -0.383 e. The number of ether oxygens (including phenoxy) is 1. The highest BCUT2D eigenvalue weighted by Crippen LogP contribution is 2.23. The maximum Gasteiger partial charge on any atom is 0.181 e. The number of nitrogens with zero attached hydrogens (tertiary/aromatic N) is 1. The van der Waals surface area contributed by atoms with E-state index >= 15 is 0 Å². The van der Waals surface area contributed by atoms with Gasteiger partial charge in [0.1, 0.15) is 0 Å². The van der Waals surface area contributed by atoms with E-state index in [-0.39, 0.29) is 17.9 Å². The number of hydrogen-bond acceptors (Lipinski definition) is 3. The lowest BCUT2D eigenvalue weighted by atomic mass is 10.0. The number of hydrogen-bond donors (Lipinski definition) is 0. The highest BCUT2D eigenvalue weighted by molar-refractivity contribution is 6.37. The van der Waals surface area contributed by atoms with Gasteiger partial charge in [0.2, 0.25) is 0 Å². The second-order valence-electron chi connectivity index (χ2n) is 4.80. The molecule has 5 heteroatoms. The van der Waals surface area contributed by atoms with E-state index in [4.69, 9.17) is 27.9 Å². The van der Waals surface area contributed by atoms with Crippen LogP contribution in [-0.2, 0) is 4.74 Å². The number of benzene rings is 1. The largest absolute Gasteiger partial charge is 0.383 e. The average molecular weight is 318 g/mol. The zero-order valence-corrected chi connectivity index (χ0v) is 13.8. The molecule has 1 aromatic rings. The fourth-order valence-corrected chi connectivity index (χ4v) is 2.87. The molecule has 0 amide bonds. The SMILES string of the molecule is CCN(C(C)COC)C(C)C(=O)c1ccc(Cl)cc1Cl. The minimum atomic E-state index is -0.260. The van der Waals surface area contributed by atoms with Gasteiger partial charge in [0.25, 0.3) is 0 Å². The van der Waals surface area contributed by atoms with Crippen LogP contribution in [0.4, 0.5) is 0 Å². The van der Waals surface area contributed by atoms with Crippen LogP contribution in [0.5, 0.6) is 0 Å². The summed E-state index contributed by atoms with van der Waals surface area (Å²) < 4.78 is 5.17. The molecule has 0 aliphatic heterocycles. The number of halogens is 2. The molecule has 0 aliphatic rings. The van der Waals surface area contributed by atoms with Crippen molar-refractivity contribution in [2.75, 3.05) is 20.3 Å². The molecular formula is C15H21Cl2NO2. The van der Waals surface area contributed by atoms with Crippen LogP contribution in [0.2, 0.25) is 10.0 Å². The Labute approximate surface area is 130 Å². The molecule has 112 valence electrons. The van der Waals surface area contributed by atoms with Crippen LogP contribution in [0.3, 0.4) is 0 Å². The van der Waals surface area contributed by atoms with Gasteiger partial charge < -0.3 is 4.74 Å². The first-order chi connectivity index (χ1) is 9.42. The van der Waals surface area contributed by atoms with Gasteiger partial charge in [-0.05, 0) is 38.6 Å². The second kappa shape index (κ2) is 7.99. The first-order valence-corrected chi connectivity index (χ1v) is 7.41. The molecule has 0 bridgehead atoms. The molecular weight excluding hydrogens is 297 g/mol. The van der Waals surface area contributed by atoms with E-state index < -0.39 is 0 Å². The zero-order chi connectivity index (χ0) is 15.3. The Balaban J connectivity index is 2.94. The predicted molar refractivity (Wildman–Crippen MR) is 84.0 cm³/mol. The Hall–Kier alpha value is -0.610. The van der Waals surface area contributed by atoms with Crippen molar-refractivity contribution in [3.05, 3.63) is 33.8 Å². The Kier molecular flexibility index (Phi) is 6.96. The lowest BCUT2D eigenvalue weighted by Crippen LogP contribution is -2.46. The van der Waals surface area contributed by atoms with E-state index in [0.29, 0.717) is 22.2 Å². The number of carbonyl (C=O) groups excluding carboxylic acids is 1. The Morgan fingerprint density at radius 2 is 2.00 bits per heavy atom. The standard InChI is InChI=1S/C15H21Cl2NO2/c1-5-18(10(2)9-20-4)11(3)15(19)13-7-6-12(16)8-14(13)17/h6-8,10-11H,5,9H2,1-4H3. The van der Waals surface area contributed by atoms with Gasteiger partial charge >= 0.3 is 0 Å². The number of carbonyl (C=O) groups is 1. The second-order valence-corrected chi connectivity index (χ2v) is 5.64. The van der Waals surface area contributed by atoms with E-state index in [9.17, 15) is 4.79 Å². The normalized spacial score (nSPS) is 14.3. The third-order valence-corrected chi connectivity index (χ3v) is 3.96. The van der Waals surface area contributed by atoms with E-state index in [1.54, 1.807) is 25.3 Å². The molecule has 3 nitrogen and oxygen atoms in total. The number of rotatable bonds is 7. The summed E-state index contributed by atoms with van der Waals surface area (Å²) in [5.74, 6) is -0.00327. The molecule has 20 heavy (non-hydrogen) atoms. The van der Waals surface area contributed by atoms with Gasteiger partial charge in [-0.3, -0.25) is 9.69 Å². The Morgan fingerprint density at radius 3 is 2.50 bits per heavy atom. The summed E-state index contributed by atoms with van der Waals surface area (Å²) in [7, 11) is 1.66. The summed E-state index contributed by atoms with van der Waals surface area (Å²) in [6.07, 6.45) is 0. The molecule has 0 N–H and O–H groups in total. The molecule has 0 saturated heterocycles. The van der Waals surface area contributed by atoms with Gasteiger partial charge in [-0.25, -0.2) is 0 Å². The van der Waals surface area contributed by atoms with E-state index in [1.807, 2.05) is 20.8 Å². The van der Waals surface area contributed by atoms with Crippen LogP contribution in [0.25, 0.3) is 0 Å². The van der Waals surface area contributed by atoms with Crippen molar-refractivity contribution in [2.24, 2.45) is 0 Å². The molecule has 1 aromatic carbocycles. The molecule has 1 rings (SSSR count). The van der Waals surface area contributed by atoms with Crippen LogP contribution in [-0.4, -0.2) is 43.0 Å². The molecule has 0 heterocycles. The first-order valence-electron chi connectivity index (χ1n) is 6.66. The van der Waals surface area contributed by atoms with Crippen LogP contribution in [0.15, 0.2) is 18.2 Å². The number of Topliss-reactive ketones (excluding diaryl/α,β-unsaturated/α-hetero) is 1. The smallest absolute Gasteiger partial charge is 0.181 e. The van der Waals surface area contributed by atoms with Crippen molar-refractivity contribution in [3.63, 3.8) is 0 Å². The van der Waals surface area contributed by atoms with E-state index in [2.05, 4.69) is 4.90 Å². The third-order valence-electron chi connectivity index (χ3n) is 3.41. The third kappa shape index (κ3) is 4.19. The molecule has 2 unspecified atom stereocenters. The zero-order valence-electron chi connectivity index (χ0n) is 12.3. The van der Waals surface area contributed by atoms with Gasteiger partial charge in [-0.15, -0.1) is 0 Å². The quantitative estimate of drug-likeness (QED) is 0.714. The Morgan fingerprint density at radius 1 is 1.35 bits per heavy atom. The summed E-state index contributed by atoms with van der Waals surface area (Å²) in [5.41, 5.74) is 0.506. The summed E-state index contributed by atoms with van der Waals surface area (Å²) >= 11 is 12.0. The van der Waals surface area contributed by atoms with Gasteiger partial charge in [-0.1, -0.05) is 30.1 Å². The molecule has 2 atom stereocenters. The number of likely N-dealkylation sites (N-methyl/N-ethyl adjacent to an activating group) is 1. The molecule has 0 spiro atoms.